The largest absolute Gasteiger partial charge is 0.325 e. The molecular weight excluding hydrogens is 408 g/mol. The van der Waals surface area contributed by atoms with Gasteiger partial charge in [-0.05, 0) is 42.0 Å². The molecule has 4 rings (SSSR count). The first-order valence-corrected chi connectivity index (χ1v) is 10.5. The van der Waals surface area contributed by atoms with Gasteiger partial charge < -0.3 is 5.32 Å². The number of thioether (sulfide) groups is 1. The molecule has 0 fully saturated rings. The van der Waals surface area contributed by atoms with Gasteiger partial charge in [0, 0.05) is 23.6 Å². The van der Waals surface area contributed by atoms with Gasteiger partial charge in [0.1, 0.15) is 0 Å². The molecule has 0 saturated carbocycles. The predicted octanol–water partition coefficient (Wildman–Crippen LogP) is 3.99. The van der Waals surface area contributed by atoms with Crippen LogP contribution in [0.25, 0.3) is 11.4 Å². The molecule has 2 aromatic carbocycles. The molecule has 0 radical (unpaired) electrons. The van der Waals surface area contributed by atoms with Crippen LogP contribution in [0.5, 0.6) is 0 Å². The molecule has 0 bridgehead atoms. The Hall–Kier alpha value is -3.96. The molecule has 0 aliphatic carbocycles. The normalized spacial score (nSPS) is 10.4. The van der Waals surface area contributed by atoms with Crippen LogP contribution in [0.4, 0.5) is 5.69 Å². The van der Waals surface area contributed by atoms with Crippen molar-refractivity contribution in [2.45, 2.75) is 11.7 Å². The molecule has 7 nitrogen and oxygen atoms in total. The van der Waals surface area contributed by atoms with Gasteiger partial charge in [-0.15, -0.1) is 10.2 Å². The molecule has 31 heavy (non-hydrogen) atoms. The summed E-state index contributed by atoms with van der Waals surface area (Å²) < 4.78 is 2.00. The number of nitrogens with zero attached hydrogens (tertiary/aromatic N) is 5. The van der Waals surface area contributed by atoms with Crippen molar-refractivity contribution in [3.8, 4) is 17.5 Å². The number of anilines is 1. The second kappa shape index (κ2) is 9.69. The van der Waals surface area contributed by atoms with Crippen molar-refractivity contribution < 1.29 is 4.79 Å². The molecule has 0 aliphatic heterocycles. The van der Waals surface area contributed by atoms with Crippen molar-refractivity contribution in [2.24, 2.45) is 0 Å². The fraction of sp³-hybridized carbons (Fsp3) is 0.0870. The van der Waals surface area contributed by atoms with Crippen molar-refractivity contribution in [3.05, 3.63) is 90.3 Å². The van der Waals surface area contributed by atoms with Crippen LogP contribution in [0.3, 0.4) is 0 Å². The van der Waals surface area contributed by atoms with E-state index in [4.69, 9.17) is 5.26 Å². The predicted molar refractivity (Wildman–Crippen MR) is 119 cm³/mol. The lowest BCUT2D eigenvalue weighted by Crippen LogP contribution is -2.14. The Kier molecular flexibility index (Phi) is 6.35. The minimum absolute atomic E-state index is 0.158. The molecule has 4 aromatic rings. The number of hydrogen-bond donors (Lipinski definition) is 1. The summed E-state index contributed by atoms with van der Waals surface area (Å²) in [6.45, 7) is 0.588. The number of nitriles is 1. The van der Waals surface area contributed by atoms with Crippen molar-refractivity contribution in [2.75, 3.05) is 11.1 Å². The highest BCUT2D eigenvalue weighted by atomic mass is 32.2. The summed E-state index contributed by atoms with van der Waals surface area (Å²) in [4.78, 5) is 16.5. The van der Waals surface area contributed by atoms with Crippen LogP contribution in [-0.2, 0) is 11.3 Å². The number of aromatic nitrogens is 4. The topological polar surface area (TPSA) is 96.5 Å². The zero-order valence-electron chi connectivity index (χ0n) is 16.5. The van der Waals surface area contributed by atoms with Gasteiger partial charge in [0.05, 0.1) is 23.9 Å². The van der Waals surface area contributed by atoms with Crippen LogP contribution in [-0.4, -0.2) is 31.4 Å². The lowest BCUT2D eigenvalue weighted by molar-refractivity contribution is -0.113. The van der Waals surface area contributed by atoms with E-state index >= 15 is 0 Å². The number of pyridine rings is 1. The quantitative estimate of drug-likeness (QED) is 0.449. The van der Waals surface area contributed by atoms with Gasteiger partial charge in [-0.1, -0.05) is 42.1 Å². The first-order chi connectivity index (χ1) is 15.2. The average Bonchev–Trinajstić information content (AvgIpc) is 3.22. The highest BCUT2D eigenvalue weighted by Crippen LogP contribution is 2.25. The van der Waals surface area contributed by atoms with Crippen molar-refractivity contribution >= 4 is 23.4 Å². The zero-order chi connectivity index (χ0) is 21.5. The van der Waals surface area contributed by atoms with E-state index in [1.807, 2.05) is 47.0 Å². The third kappa shape index (κ3) is 5.15. The number of rotatable bonds is 7. The fourth-order valence-electron chi connectivity index (χ4n) is 2.97. The summed E-state index contributed by atoms with van der Waals surface area (Å²) in [5, 5.41) is 21.1. The Morgan fingerprint density at radius 2 is 1.74 bits per heavy atom. The molecule has 2 aromatic heterocycles. The number of carbonyl (C=O) groups excluding carboxylic acids is 1. The van der Waals surface area contributed by atoms with Gasteiger partial charge >= 0.3 is 0 Å². The molecule has 0 aliphatic rings. The second-order valence-corrected chi connectivity index (χ2v) is 7.58. The van der Waals surface area contributed by atoms with Gasteiger partial charge in [0.25, 0.3) is 0 Å². The Morgan fingerprint density at radius 3 is 2.45 bits per heavy atom. The van der Waals surface area contributed by atoms with Crippen molar-refractivity contribution in [1.29, 1.82) is 5.26 Å². The number of hydrogen-bond acceptors (Lipinski definition) is 6. The Labute approximate surface area is 183 Å². The molecule has 2 heterocycles. The van der Waals surface area contributed by atoms with Crippen LogP contribution < -0.4 is 5.32 Å². The van der Waals surface area contributed by atoms with E-state index in [9.17, 15) is 4.79 Å². The van der Waals surface area contributed by atoms with Crippen molar-refractivity contribution in [1.82, 2.24) is 19.7 Å². The smallest absolute Gasteiger partial charge is 0.234 e. The van der Waals surface area contributed by atoms with Gasteiger partial charge in [0.2, 0.25) is 5.91 Å². The molecule has 0 spiro atoms. The third-order valence-electron chi connectivity index (χ3n) is 4.47. The average molecular weight is 427 g/mol. The molecular formula is C23H18N6OS. The Morgan fingerprint density at radius 1 is 1.00 bits per heavy atom. The first kappa shape index (κ1) is 20.3. The fourth-order valence-corrected chi connectivity index (χ4v) is 3.71. The van der Waals surface area contributed by atoms with E-state index < -0.39 is 0 Å². The van der Waals surface area contributed by atoms with E-state index in [0.29, 0.717) is 23.0 Å². The Balaban J connectivity index is 1.51. The lowest BCUT2D eigenvalue weighted by atomic mass is 10.2. The standard InChI is InChI=1S/C23H18N6OS/c24-14-17-6-8-20(9-7-17)26-21(30)16-31-23-28-27-22(19-10-12-25-13-11-19)29(23)15-18-4-2-1-3-5-18/h1-13H,15-16H2,(H,26,30). The molecule has 0 atom stereocenters. The van der Waals surface area contributed by atoms with Crippen LogP contribution in [0.15, 0.2) is 84.3 Å². The van der Waals surface area contributed by atoms with Crippen LogP contribution in [0, 0.1) is 11.3 Å². The highest BCUT2D eigenvalue weighted by molar-refractivity contribution is 7.99. The monoisotopic (exact) mass is 426 g/mol. The lowest BCUT2D eigenvalue weighted by Gasteiger charge is -2.10. The minimum Gasteiger partial charge on any atom is -0.325 e. The molecule has 8 heteroatoms. The summed E-state index contributed by atoms with van der Waals surface area (Å²) in [5.74, 6) is 0.749. The molecule has 1 N–H and O–H groups in total. The maximum Gasteiger partial charge on any atom is 0.234 e. The number of amides is 1. The van der Waals surface area contributed by atoms with Gasteiger partial charge in [0.15, 0.2) is 11.0 Å². The Bertz CT molecular complexity index is 1200. The molecule has 0 saturated heterocycles. The van der Waals surface area contributed by atoms with Gasteiger partial charge in [-0.3, -0.25) is 14.3 Å². The first-order valence-electron chi connectivity index (χ1n) is 9.53. The maximum atomic E-state index is 12.4. The maximum absolute atomic E-state index is 12.4. The minimum atomic E-state index is -0.158. The van der Waals surface area contributed by atoms with E-state index in [-0.39, 0.29) is 11.7 Å². The van der Waals surface area contributed by atoms with Gasteiger partial charge in [-0.2, -0.15) is 5.26 Å². The summed E-state index contributed by atoms with van der Waals surface area (Å²) in [7, 11) is 0. The van der Waals surface area contributed by atoms with E-state index in [1.54, 1.807) is 36.7 Å². The molecule has 152 valence electrons. The van der Waals surface area contributed by atoms with Crippen molar-refractivity contribution in [3.63, 3.8) is 0 Å². The summed E-state index contributed by atoms with van der Waals surface area (Å²) in [5.41, 5.74) is 3.21. The highest BCUT2D eigenvalue weighted by Gasteiger charge is 2.16. The summed E-state index contributed by atoms with van der Waals surface area (Å²) >= 11 is 1.33. The number of nitrogens with one attached hydrogen (secondary N) is 1. The number of benzene rings is 2. The van der Waals surface area contributed by atoms with Crippen LogP contribution >= 0.6 is 11.8 Å². The molecule has 0 unspecified atom stereocenters. The number of carbonyl (C=O) groups is 1. The SMILES string of the molecule is N#Cc1ccc(NC(=O)CSc2nnc(-c3ccncc3)n2Cc2ccccc2)cc1. The van der Waals surface area contributed by atoms with E-state index in [2.05, 4.69) is 26.6 Å². The van der Waals surface area contributed by atoms with Gasteiger partial charge in [-0.25, -0.2) is 0 Å². The zero-order valence-corrected chi connectivity index (χ0v) is 17.3. The second-order valence-electron chi connectivity index (χ2n) is 6.64. The van der Waals surface area contributed by atoms with E-state index in [1.165, 1.54) is 11.8 Å². The van der Waals surface area contributed by atoms with Crippen LogP contribution in [0.1, 0.15) is 11.1 Å². The summed E-state index contributed by atoms with van der Waals surface area (Å²) in [6, 6.07) is 22.6. The van der Waals surface area contributed by atoms with E-state index in [0.717, 1.165) is 17.0 Å². The van der Waals surface area contributed by atoms with Crippen LogP contribution in [0.2, 0.25) is 0 Å². The summed E-state index contributed by atoms with van der Waals surface area (Å²) in [6.07, 6.45) is 3.43. The third-order valence-corrected chi connectivity index (χ3v) is 5.44. The molecule has 1 amide bonds.